The third-order valence-electron chi connectivity index (χ3n) is 6.96. The van der Waals surface area contributed by atoms with Crippen molar-refractivity contribution in [2.75, 3.05) is 33.0 Å². The number of hydrogen-bond acceptors (Lipinski definition) is 6. The van der Waals surface area contributed by atoms with Gasteiger partial charge in [-0.1, -0.05) is 46.0 Å². The van der Waals surface area contributed by atoms with Crippen LogP contribution in [0.2, 0.25) is 76.6 Å². The molecule has 10 heteroatoms. The van der Waals surface area contributed by atoms with Crippen molar-refractivity contribution in [1.82, 2.24) is 0 Å². The Morgan fingerprint density at radius 3 is 1.35 bits per heavy atom. The van der Waals surface area contributed by atoms with Crippen LogP contribution in [-0.2, 0) is 17.7 Å². The molecule has 0 unspecified atom stereocenters. The first-order valence-corrected chi connectivity index (χ1v) is 27.4. The Labute approximate surface area is 234 Å². The lowest BCUT2D eigenvalue weighted by molar-refractivity contribution is -0.146. The predicted molar refractivity (Wildman–Crippen MR) is 169 cm³/mol. The summed E-state index contributed by atoms with van der Waals surface area (Å²) in [6.07, 6.45) is 7.84. The highest BCUT2D eigenvalue weighted by Crippen LogP contribution is 2.26. The molecule has 37 heavy (non-hydrogen) atoms. The van der Waals surface area contributed by atoms with Crippen molar-refractivity contribution in [2.45, 2.75) is 141 Å². The van der Waals surface area contributed by atoms with E-state index in [1.54, 1.807) is 0 Å². The largest absolute Gasteiger partial charge is 0.455 e. The number of unbranched alkanes of at least 4 members (excludes halogenated alkanes) is 3. The van der Waals surface area contributed by atoms with E-state index in [0.29, 0.717) is 13.2 Å². The number of aliphatic hydroxyl groups excluding tert-OH is 2. The van der Waals surface area contributed by atoms with E-state index in [1.807, 2.05) is 0 Å². The Bertz CT molecular complexity index is 537. The van der Waals surface area contributed by atoms with Gasteiger partial charge in [-0.3, -0.25) is 0 Å². The van der Waals surface area contributed by atoms with Crippen molar-refractivity contribution < 1.29 is 27.9 Å². The van der Waals surface area contributed by atoms with Gasteiger partial charge in [-0.2, -0.15) is 0 Å². The van der Waals surface area contributed by atoms with Gasteiger partial charge in [0, 0.05) is 13.2 Å². The van der Waals surface area contributed by atoms with E-state index in [2.05, 4.69) is 66.2 Å². The van der Waals surface area contributed by atoms with E-state index >= 15 is 0 Å². The van der Waals surface area contributed by atoms with Crippen molar-refractivity contribution in [2.24, 2.45) is 0 Å². The van der Waals surface area contributed by atoms with Gasteiger partial charge in [0.1, 0.15) is 5.60 Å². The normalized spacial score (nSPS) is 13.9. The lowest BCUT2D eigenvalue weighted by atomic mass is 10.1. The number of aliphatic hydroxyl groups is 2. The van der Waals surface area contributed by atoms with Gasteiger partial charge in [-0.05, 0) is 89.4 Å². The third-order valence-corrected chi connectivity index (χ3v) is 22.0. The molecule has 0 aliphatic heterocycles. The van der Waals surface area contributed by atoms with Gasteiger partial charge in [0.25, 0.3) is 0 Å². The maximum atomic E-state index is 9.96. The van der Waals surface area contributed by atoms with Crippen LogP contribution in [0.4, 0.5) is 0 Å². The van der Waals surface area contributed by atoms with Crippen LogP contribution in [0.5, 0.6) is 0 Å². The van der Waals surface area contributed by atoms with Gasteiger partial charge < -0.3 is 27.9 Å². The van der Waals surface area contributed by atoms with E-state index in [0.717, 1.165) is 31.4 Å². The zero-order valence-electron chi connectivity index (χ0n) is 26.3. The lowest BCUT2D eigenvalue weighted by Crippen LogP contribution is -2.46. The first-order valence-electron chi connectivity index (χ1n) is 14.9. The maximum absolute atomic E-state index is 9.96. The fourth-order valence-corrected chi connectivity index (χ4v) is 23.1. The fourth-order valence-electron chi connectivity index (χ4n) is 4.98. The minimum absolute atomic E-state index is 0.208. The Hall–Kier alpha value is 0.628. The molecule has 0 aromatic rings. The van der Waals surface area contributed by atoms with Crippen LogP contribution in [0.15, 0.2) is 0 Å². The Kier molecular flexibility index (Phi) is 18.4. The van der Waals surface area contributed by atoms with Gasteiger partial charge in [0.05, 0.1) is 19.8 Å². The molecule has 0 aromatic heterocycles. The van der Waals surface area contributed by atoms with Crippen molar-refractivity contribution in [3.05, 3.63) is 0 Å². The van der Waals surface area contributed by atoms with Crippen LogP contribution in [0.3, 0.4) is 0 Å². The summed E-state index contributed by atoms with van der Waals surface area (Å²) in [6.45, 7) is 24.0. The first-order chi connectivity index (χ1) is 17.1. The van der Waals surface area contributed by atoms with Crippen LogP contribution >= 0.6 is 0 Å². The molecule has 0 aliphatic rings. The molecule has 2 N–H and O–H groups in total. The van der Waals surface area contributed by atoms with Crippen molar-refractivity contribution in [3.8, 4) is 0 Å². The summed E-state index contributed by atoms with van der Waals surface area (Å²) < 4.78 is 25.3. The van der Waals surface area contributed by atoms with Crippen LogP contribution in [0.25, 0.3) is 0 Å². The molecule has 0 bridgehead atoms. The summed E-state index contributed by atoms with van der Waals surface area (Å²) in [7, 11) is -6.58. The van der Waals surface area contributed by atoms with Gasteiger partial charge in [0.2, 0.25) is 0 Å². The Morgan fingerprint density at radius 2 is 0.946 bits per heavy atom. The summed E-state index contributed by atoms with van der Waals surface area (Å²) in [5, 5.41) is 19.9. The van der Waals surface area contributed by atoms with Gasteiger partial charge >= 0.3 is 0 Å². The third kappa shape index (κ3) is 18.6. The first kappa shape index (κ1) is 37.6. The summed E-state index contributed by atoms with van der Waals surface area (Å²) in [4.78, 5) is 0. The topological polar surface area (TPSA) is 77.4 Å². The molecule has 0 heterocycles. The smallest absolute Gasteiger partial charge is 0.173 e. The molecule has 0 radical (unpaired) electrons. The number of ether oxygens (including phenoxy) is 2. The zero-order valence-corrected chi connectivity index (χ0v) is 30.3. The molecule has 0 saturated heterocycles. The van der Waals surface area contributed by atoms with Crippen molar-refractivity contribution in [3.63, 3.8) is 0 Å². The van der Waals surface area contributed by atoms with Crippen LogP contribution in [0.1, 0.15) is 58.8 Å². The van der Waals surface area contributed by atoms with Gasteiger partial charge in [-0.15, -0.1) is 0 Å². The van der Waals surface area contributed by atoms with E-state index in [9.17, 15) is 10.2 Å². The molecule has 0 spiro atoms. The number of hydrogen-bond donors (Lipinski definition) is 2. The highest BCUT2D eigenvalue weighted by atomic mass is 28.4. The molecule has 0 amide bonds. The average Bonchev–Trinajstić information content (AvgIpc) is 2.78. The fraction of sp³-hybridized carbons (Fsp3) is 1.00. The Balaban J connectivity index is 4.40. The van der Waals surface area contributed by atoms with Gasteiger partial charge in [0.15, 0.2) is 33.3 Å². The SMILES string of the molecule is CCCC[Si](C)(C)O[Si](C)(C)CCCCOC(CO)(CO)COCCC[Si](C)(C)O[Si](C)(C)CCCC. The molecular weight excluding hydrogens is 533 g/mol. The van der Waals surface area contributed by atoms with E-state index < -0.39 is 38.9 Å². The molecule has 0 fully saturated rings. The van der Waals surface area contributed by atoms with Crippen LogP contribution < -0.4 is 0 Å². The molecule has 0 saturated carbocycles. The molecule has 0 aromatic carbocycles. The standard InChI is InChI=1S/C27H64O6Si4/c1-11-13-20-34(3,4)32-36(7,8)22-16-15-19-31-27(24-28,25-29)26-30-18-17-23-37(9,10)33-35(5,6)21-14-12-2/h28-29H,11-26H2,1-10H3. The minimum Gasteiger partial charge on any atom is -0.455 e. The highest BCUT2D eigenvalue weighted by Gasteiger charge is 2.34. The van der Waals surface area contributed by atoms with E-state index in [-0.39, 0.29) is 19.8 Å². The maximum Gasteiger partial charge on any atom is 0.173 e. The van der Waals surface area contributed by atoms with Crippen LogP contribution in [0, 0.1) is 0 Å². The molecular formula is C27H64O6Si4. The number of rotatable bonds is 24. The van der Waals surface area contributed by atoms with Crippen LogP contribution in [-0.4, -0.2) is 82.1 Å². The molecule has 6 nitrogen and oxygen atoms in total. The molecule has 224 valence electrons. The summed E-state index contributed by atoms with van der Waals surface area (Å²) in [5.41, 5.74) is -1.03. The quantitative estimate of drug-likeness (QED) is 0.0895. The summed E-state index contributed by atoms with van der Waals surface area (Å²) in [6, 6.07) is 4.64. The zero-order chi connectivity index (χ0) is 28.6. The molecule has 0 aliphatic carbocycles. The second kappa shape index (κ2) is 18.1. The predicted octanol–water partition coefficient (Wildman–Crippen LogP) is 7.37. The van der Waals surface area contributed by atoms with Crippen molar-refractivity contribution in [1.29, 1.82) is 0 Å². The lowest BCUT2D eigenvalue weighted by Gasteiger charge is -2.34. The van der Waals surface area contributed by atoms with E-state index in [4.69, 9.17) is 17.7 Å². The van der Waals surface area contributed by atoms with Crippen molar-refractivity contribution >= 4 is 33.3 Å². The summed E-state index contributed by atoms with van der Waals surface area (Å²) >= 11 is 0. The van der Waals surface area contributed by atoms with E-state index in [1.165, 1.54) is 37.8 Å². The van der Waals surface area contributed by atoms with Gasteiger partial charge in [-0.25, -0.2) is 0 Å². The minimum atomic E-state index is -1.72. The average molecular weight is 597 g/mol. The Morgan fingerprint density at radius 1 is 0.541 bits per heavy atom. The molecule has 0 atom stereocenters. The monoisotopic (exact) mass is 596 g/mol. The molecule has 0 rings (SSSR count). The highest BCUT2D eigenvalue weighted by molar-refractivity contribution is 6.85. The second-order valence-electron chi connectivity index (χ2n) is 13.4. The summed E-state index contributed by atoms with van der Waals surface area (Å²) in [5.74, 6) is 0. The second-order valence-corrected chi connectivity index (χ2v) is 31.1.